The molecular formula is C119H204O16P2. The zero-order valence-corrected chi connectivity index (χ0v) is 89.2. The fourth-order valence-electron chi connectivity index (χ4n) is 15.5. The van der Waals surface area contributed by atoms with Crippen LogP contribution in [0.1, 0.15) is 483 Å². The number of rotatable bonds is 105. The molecule has 0 spiro atoms. The summed E-state index contributed by atoms with van der Waals surface area (Å²) in [4.78, 5) is 59.4. The van der Waals surface area contributed by atoms with Crippen molar-refractivity contribution >= 4 is 33.6 Å². The molecule has 0 amide bonds. The molecule has 0 aliphatic rings. The SMILES string of the molecule is CC/C=C\C/C=C\C/C=C\C/C=C\C/C=C\C/C=C\CCCCCCCCCCCCCCCCC(=O)OCC(COP(=O)(O)OCC(O)COP(=O)(O)OCC(O)COC(=O)CCCCCCCCCCCCCCCCCCCCC/C=C\C/C=C\C/C=C\C/C=C\CCCCC)OC(=O)CCCCCCCCCCCCCCCC/C=C\C/C=C\C/C=C\C/C=C\C/C=C\C/C=C\CC. The fraction of sp³-hybridized carbons (Fsp3) is 0.706. The zero-order valence-electron chi connectivity index (χ0n) is 87.4. The van der Waals surface area contributed by atoms with Crippen molar-refractivity contribution in [2.75, 3.05) is 39.6 Å². The van der Waals surface area contributed by atoms with E-state index in [0.717, 1.165) is 180 Å². The van der Waals surface area contributed by atoms with Gasteiger partial charge in [-0.1, -0.05) is 491 Å². The molecule has 0 aliphatic heterocycles. The van der Waals surface area contributed by atoms with E-state index < -0.39 is 91.5 Å². The summed E-state index contributed by atoms with van der Waals surface area (Å²) in [6, 6.07) is 0. The highest BCUT2D eigenvalue weighted by Crippen LogP contribution is 2.45. The van der Waals surface area contributed by atoms with Crippen molar-refractivity contribution in [1.29, 1.82) is 0 Å². The van der Waals surface area contributed by atoms with Crippen LogP contribution in [-0.4, -0.2) is 95.9 Å². The maximum atomic E-state index is 13.2. The minimum Gasteiger partial charge on any atom is -0.463 e. The molecule has 137 heavy (non-hydrogen) atoms. The maximum Gasteiger partial charge on any atom is 0.472 e. The van der Waals surface area contributed by atoms with Gasteiger partial charge in [-0.3, -0.25) is 32.5 Å². The summed E-state index contributed by atoms with van der Waals surface area (Å²) in [6.07, 6.45) is 148. The van der Waals surface area contributed by atoms with Crippen molar-refractivity contribution in [3.05, 3.63) is 194 Å². The van der Waals surface area contributed by atoms with Gasteiger partial charge in [0.05, 0.1) is 26.4 Å². The number of phosphoric acid groups is 2. The predicted octanol–water partition coefficient (Wildman–Crippen LogP) is 36.0. The molecule has 0 aliphatic carbocycles. The molecule has 16 nitrogen and oxygen atoms in total. The molecule has 0 heterocycles. The lowest BCUT2D eigenvalue weighted by molar-refractivity contribution is -0.161. The van der Waals surface area contributed by atoms with Crippen LogP contribution in [0.3, 0.4) is 0 Å². The molecule has 786 valence electrons. The first-order chi connectivity index (χ1) is 67.2. The van der Waals surface area contributed by atoms with Gasteiger partial charge in [0.15, 0.2) is 6.10 Å². The normalized spacial score (nSPS) is 14.3. The summed E-state index contributed by atoms with van der Waals surface area (Å²) < 4.78 is 61.9. The number of allylic oxidation sites excluding steroid dienone is 32. The summed E-state index contributed by atoms with van der Waals surface area (Å²) in [6.45, 7) is 2.51. The van der Waals surface area contributed by atoms with E-state index in [2.05, 4.69) is 215 Å². The third kappa shape index (κ3) is 111. The average Bonchev–Trinajstić information content (AvgIpc) is 0.899. The third-order valence-corrected chi connectivity index (χ3v) is 25.7. The molecule has 0 aromatic carbocycles. The molecule has 0 saturated heterocycles. The molecule has 5 unspecified atom stereocenters. The number of phosphoric ester groups is 2. The summed E-state index contributed by atoms with van der Waals surface area (Å²) in [5.74, 6) is -1.56. The van der Waals surface area contributed by atoms with Crippen molar-refractivity contribution < 1.29 is 75.8 Å². The smallest absolute Gasteiger partial charge is 0.463 e. The van der Waals surface area contributed by atoms with Crippen molar-refractivity contribution in [2.24, 2.45) is 0 Å². The Balaban J connectivity index is 4.61. The second kappa shape index (κ2) is 109. The van der Waals surface area contributed by atoms with E-state index in [1.54, 1.807) is 0 Å². The highest BCUT2D eigenvalue weighted by molar-refractivity contribution is 7.47. The van der Waals surface area contributed by atoms with Crippen LogP contribution < -0.4 is 0 Å². The largest absolute Gasteiger partial charge is 0.472 e. The summed E-state index contributed by atoms with van der Waals surface area (Å²) in [7, 11) is -9.83. The van der Waals surface area contributed by atoms with E-state index >= 15 is 0 Å². The monoisotopic (exact) mass is 1950 g/mol. The van der Waals surface area contributed by atoms with Crippen molar-refractivity contribution in [1.82, 2.24) is 0 Å². The van der Waals surface area contributed by atoms with Gasteiger partial charge in [-0.05, 0) is 167 Å². The van der Waals surface area contributed by atoms with Gasteiger partial charge in [0.25, 0.3) is 0 Å². The van der Waals surface area contributed by atoms with Crippen LogP contribution in [0.5, 0.6) is 0 Å². The van der Waals surface area contributed by atoms with Crippen LogP contribution in [0.4, 0.5) is 0 Å². The maximum absolute atomic E-state index is 13.2. The second-order valence-corrected chi connectivity index (χ2v) is 40.0. The Kier molecular flexibility index (Phi) is 105. The molecule has 0 aromatic rings. The highest BCUT2D eigenvalue weighted by atomic mass is 31.2. The quantitative estimate of drug-likeness (QED) is 0.0146. The summed E-state index contributed by atoms with van der Waals surface area (Å²) in [5, 5.41) is 20.8. The van der Waals surface area contributed by atoms with Gasteiger partial charge in [0, 0.05) is 19.3 Å². The number of carbonyl (C=O) groups excluding carboxylic acids is 3. The number of ether oxygens (including phenoxy) is 3. The lowest BCUT2D eigenvalue weighted by Gasteiger charge is -2.21. The first kappa shape index (κ1) is 131. The Morgan fingerprint density at radius 3 is 0.613 bits per heavy atom. The van der Waals surface area contributed by atoms with E-state index in [9.17, 15) is 43.5 Å². The van der Waals surface area contributed by atoms with Gasteiger partial charge in [0.2, 0.25) is 0 Å². The van der Waals surface area contributed by atoms with Gasteiger partial charge >= 0.3 is 33.6 Å². The predicted molar refractivity (Wildman–Crippen MR) is 583 cm³/mol. The molecule has 0 saturated carbocycles. The molecule has 0 radical (unpaired) electrons. The first-order valence-corrected chi connectivity index (χ1v) is 58.7. The number of aliphatic hydroxyl groups excluding tert-OH is 2. The number of aliphatic hydroxyl groups is 2. The lowest BCUT2D eigenvalue weighted by Crippen LogP contribution is -2.30. The van der Waals surface area contributed by atoms with Gasteiger partial charge in [-0.15, -0.1) is 0 Å². The minimum absolute atomic E-state index is 0.0997. The third-order valence-electron chi connectivity index (χ3n) is 23.8. The molecule has 18 heteroatoms. The first-order valence-electron chi connectivity index (χ1n) is 55.7. The Morgan fingerprint density at radius 2 is 0.387 bits per heavy atom. The Hall–Kier alpha value is -5.61. The second-order valence-electron chi connectivity index (χ2n) is 37.1. The number of hydrogen-bond acceptors (Lipinski definition) is 14. The Morgan fingerprint density at radius 1 is 0.212 bits per heavy atom. The van der Waals surface area contributed by atoms with Crippen LogP contribution in [0.25, 0.3) is 0 Å². The Labute approximate surface area is 839 Å². The van der Waals surface area contributed by atoms with Gasteiger partial charge in [-0.25, -0.2) is 9.13 Å². The number of unbranched alkanes of at least 4 members (excludes halogenated alkanes) is 50. The van der Waals surface area contributed by atoms with Gasteiger partial charge < -0.3 is 34.2 Å². The highest BCUT2D eigenvalue weighted by Gasteiger charge is 2.30. The van der Waals surface area contributed by atoms with Gasteiger partial charge in [-0.2, -0.15) is 0 Å². The molecule has 0 fully saturated rings. The molecule has 0 aromatic heterocycles. The number of esters is 3. The number of hydrogen-bond donors (Lipinski definition) is 4. The average molecular weight is 1950 g/mol. The zero-order chi connectivity index (χ0) is 99.2. The summed E-state index contributed by atoms with van der Waals surface area (Å²) in [5.41, 5.74) is 0. The number of carbonyl (C=O) groups is 3. The topological polar surface area (TPSA) is 231 Å². The molecule has 5 atom stereocenters. The molecule has 0 bridgehead atoms. The van der Waals surface area contributed by atoms with Crippen LogP contribution >= 0.6 is 15.6 Å². The van der Waals surface area contributed by atoms with Crippen molar-refractivity contribution in [3.8, 4) is 0 Å². The van der Waals surface area contributed by atoms with Crippen molar-refractivity contribution in [3.63, 3.8) is 0 Å². The molecule has 0 rings (SSSR count). The van der Waals surface area contributed by atoms with Gasteiger partial charge in [0.1, 0.15) is 25.4 Å². The fourth-order valence-corrected chi connectivity index (χ4v) is 17.0. The Bertz CT molecular complexity index is 3270. The van der Waals surface area contributed by atoms with Crippen LogP contribution in [-0.2, 0) is 55.8 Å². The van der Waals surface area contributed by atoms with Crippen molar-refractivity contribution in [2.45, 2.75) is 501 Å². The molecule has 4 N–H and O–H groups in total. The van der Waals surface area contributed by atoms with Crippen LogP contribution in [0.15, 0.2) is 194 Å². The summed E-state index contributed by atoms with van der Waals surface area (Å²) >= 11 is 0. The van der Waals surface area contributed by atoms with E-state index in [4.69, 9.17) is 32.3 Å². The van der Waals surface area contributed by atoms with E-state index in [-0.39, 0.29) is 19.3 Å². The molecular weight excluding hydrogens is 1750 g/mol. The van der Waals surface area contributed by atoms with E-state index in [0.29, 0.717) is 19.3 Å². The van der Waals surface area contributed by atoms with Crippen LogP contribution in [0.2, 0.25) is 0 Å². The van der Waals surface area contributed by atoms with E-state index in [1.807, 2.05) is 0 Å². The van der Waals surface area contributed by atoms with Crippen LogP contribution in [0, 0.1) is 0 Å². The lowest BCUT2D eigenvalue weighted by atomic mass is 10.0. The minimum atomic E-state index is -4.95. The van der Waals surface area contributed by atoms with E-state index in [1.165, 1.54) is 244 Å². The standard InChI is InChI=1S/C119H204O16P2/c1-4-7-10-13-16-19-22-25-28-31-34-37-40-43-46-49-52-55-56-59-61-63-66-69-72-75-78-81-84-87-90-93-96-99-102-105-117(122)129-108-114(120)109-131-136(125,126)132-110-115(121)111-133-137(127,128)134-113-116(135-119(124)107-104-101-98-95-92-89-86-83-80-77-74-71-68-65-62-58-54-51-48-45-42-39-36-33-30-27-24-21-18-15-12-9-6-3)112-130-118(123)106-103-100-97-94-91-88-85-82-79-76-73-70-67-64-60-57-53-50-47-44-41-38-35-32-29-26-23-20-17-14-11-8-5-2/h8-9,11-12,16-21,25-30,34-39,43-48,53-54,57-58,114-116,120-121H,4-7,10,13-15,22-24,31-33,40-42,49-52,55-56,59-113H2,1-3H3,(H,125,126)(H,127,128)/b11-8-,12-9-,19-16-,20-17-,21-18-,28-25-,29-26-,30-27-,37-34-,38-35-,39-36-,46-43-,47-44-,48-45-,57-53-,58-54-.